The molecule has 17 heavy (non-hydrogen) atoms. The van der Waals surface area contributed by atoms with Crippen LogP contribution in [0, 0.1) is 5.92 Å². The summed E-state index contributed by atoms with van der Waals surface area (Å²) in [5.74, 6) is 0.133. The van der Waals surface area contributed by atoms with Gasteiger partial charge in [-0.1, -0.05) is 13.8 Å². The van der Waals surface area contributed by atoms with Crippen LogP contribution in [-0.4, -0.2) is 33.4 Å². The summed E-state index contributed by atoms with van der Waals surface area (Å²) in [5.41, 5.74) is -0.440. The van der Waals surface area contributed by atoms with E-state index >= 15 is 0 Å². The first kappa shape index (κ1) is 13.6. The highest BCUT2D eigenvalue weighted by atomic mass is 16.3. The highest BCUT2D eigenvalue weighted by Crippen LogP contribution is 2.15. The Kier molecular flexibility index (Phi) is 4.57. The molecule has 1 amide bonds. The van der Waals surface area contributed by atoms with Crippen molar-refractivity contribution in [3.8, 4) is 0 Å². The number of nitrogens with one attached hydrogen (secondary N) is 1. The van der Waals surface area contributed by atoms with Crippen LogP contribution in [0.15, 0.2) is 18.5 Å². The maximum atomic E-state index is 11.7. The molecule has 1 unspecified atom stereocenters. The molecule has 1 atom stereocenters. The standard InChI is InChI=1S/C12H19N3O2/c1-9(2)6-12(3,17)8-13-11(16)10-4-5-14-15-7-10/h4-5,7,9,17H,6,8H2,1-3H3,(H,13,16). The van der Waals surface area contributed by atoms with Gasteiger partial charge in [-0.05, 0) is 25.3 Å². The molecule has 0 aromatic carbocycles. The average molecular weight is 237 g/mol. The van der Waals surface area contributed by atoms with E-state index in [2.05, 4.69) is 15.5 Å². The molecule has 5 heteroatoms. The molecule has 0 spiro atoms. The molecule has 1 rings (SSSR count). The summed E-state index contributed by atoms with van der Waals surface area (Å²) in [4.78, 5) is 11.7. The lowest BCUT2D eigenvalue weighted by molar-refractivity contribution is 0.0368. The minimum absolute atomic E-state index is 0.229. The van der Waals surface area contributed by atoms with Crippen molar-refractivity contribution in [1.82, 2.24) is 15.5 Å². The Morgan fingerprint density at radius 3 is 2.76 bits per heavy atom. The van der Waals surface area contributed by atoms with E-state index in [0.717, 1.165) is 0 Å². The van der Waals surface area contributed by atoms with Gasteiger partial charge in [-0.15, -0.1) is 0 Å². The van der Waals surface area contributed by atoms with Crippen molar-refractivity contribution in [2.75, 3.05) is 6.54 Å². The van der Waals surface area contributed by atoms with Gasteiger partial charge in [0.25, 0.3) is 5.91 Å². The van der Waals surface area contributed by atoms with E-state index in [1.165, 1.54) is 12.4 Å². The molecule has 5 nitrogen and oxygen atoms in total. The molecule has 0 aliphatic heterocycles. The number of aromatic nitrogens is 2. The number of rotatable bonds is 5. The van der Waals surface area contributed by atoms with Crippen LogP contribution in [-0.2, 0) is 0 Å². The van der Waals surface area contributed by atoms with Gasteiger partial charge in [0.05, 0.1) is 23.6 Å². The van der Waals surface area contributed by atoms with Crippen LogP contribution in [0.3, 0.4) is 0 Å². The van der Waals surface area contributed by atoms with Crippen molar-refractivity contribution in [1.29, 1.82) is 0 Å². The fourth-order valence-corrected chi connectivity index (χ4v) is 1.75. The van der Waals surface area contributed by atoms with E-state index in [-0.39, 0.29) is 12.5 Å². The van der Waals surface area contributed by atoms with Gasteiger partial charge in [0, 0.05) is 6.54 Å². The monoisotopic (exact) mass is 237 g/mol. The van der Waals surface area contributed by atoms with Crippen molar-refractivity contribution in [3.05, 3.63) is 24.0 Å². The minimum atomic E-state index is -0.885. The van der Waals surface area contributed by atoms with Gasteiger partial charge in [-0.25, -0.2) is 0 Å². The normalized spacial score (nSPS) is 14.4. The maximum absolute atomic E-state index is 11.7. The van der Waals surface area contributed by atoms with Gasteiger partial charge in [-0.3, -0.25) is 4.79 Å². The molecule has 2 N–H and O–H groups in total. The molecule has 0 fully saturated rings. The van der Waals surface area contributed by atoms with Gasteiger partial charge in [0.15, 0.2) is 0 Å². The van der Waals surface area contributed by atoms with E-state index in [0.29, 0.717) is 17.9 Å². The number of carbonyl (C=O) groups is 1. The van der Waals surface area contributed by atoms with Crippen molar-refractivity contribution < 1.29 is 9.90 Å². The summed E-state index contributed by atoms with van der Waals surface area (Å²) in [6, 6.07) is 1.58. The van der Waals surface area contributed by atoms with Crippen LogP contribution in [0.1, 0.15) is 37.6 Å². The van der Waals surface area contributed by atoms with Crippen LogP contribution in [0.5, 0.6) is 0 Å². The van der Waals surface area contributed by atoms with Crippen LogP contribution in [0.4, 0.5) is 0 Å². The largest absolute Gasteiger partial charge is 0.388 e. The number of carbonyl (C=O) groups excluding carboxylic acids is 1. The lowest BCUT2D eigenvalue weighted by Crippen LogP contribution is -2.41. The predicted octanol–water partition coefficient (Wildman–Crippen LogP) is 1.00. The second-order valence-electron chi connectivity index (χ2n) is 4.91. The van der Waals surface area contributed by atoms with Gasteiger partial charge in [0.2, 0.25) is 0 Å². The maximum Gasteiger partial charge on any atom is 0.253 e. The number of amides is 1. The molecule has 0 aliphatic rings. The molecule has 0 aliphatic carbocycles. The minimum Gasteiger partial charge on any atom is -0.388 e. The van der Waals surface area contributed by atoms with Crippen molar-refractivity contribution in [2.24, 2.45) is 5.92 Å². The Morgan fingerprint density at radius 2 is 2.24 bits per heavy atom. The van der Waals surface area contributed by atoms with E-state index in [4.69, 9.17) is 0 Å². The average Bonchev–Trinajstić information content (AvgIpc) is 2.25. The molecule has 1 aromatic rings. The zero-order chi connectivity index (χ0) is 12.9. The Bertz CT molecular complexity index is 363. The summed E-state index contributed by atoms with van der Waals surface area (Å²) in [7, 11) is 0. The van der Waals surface area contributed by atoms with Gasteiger partial charge in [-0.2, -0.15) is 10.2 Å². The zero-order valence-electron chi connectivity index (χ0n) is 10.5. The Morgan fingerprint density at radius 1 is 1.53 bits per heavy atom. The third kappa shape index (κ3) is 4.91. The van der Waals surface area contributed by atoms with Crippen molar-refractivity contribution >= 4 is 5.91 Å². The summed E-state index contributed by atoms with van der Waals surface area (Å²) >= 11 is 0. The lowest BCUT2D eigenvalue weighted by atomic mass is 9.94. The first-order valence-corrected chi connectivity index (χ1v) is 5.68. The smallest absolute Gasteiger partial charge is 0.253 e. The van der Waals surface area contributed by atoms with E-state index in [9.17, 15) is 9.90 Å². The van der Waals surface area contributed by atoms with Crippen LogP contribution in [0.2, 0.25) is 0 Å². The van der Waals surface area contributed by atoms with Gasteiger partial charge in [0.1, 0.15) is 0 Å². The molecule has 1 aromatic heterocycles. The second-order valence-corrected chi connectivity index (χ2v) is 4.91. The molecule has 0 saturated carbocycles. The van der Waals surface area contributed by atoms with Crippen LogP contribution in [0.25, 0.3) is 0 Å². The van der Waals surface area contributed by atoms with Crippen LogP contribution >= 0.6 is 0 Å². The third-order valence-electron chi connectivity index (χ3n) is 2.32. The third-order valence-corrected chi connectivity index (χ3v) is 2.32. The fraction of sp³-hybridized carbons (Fsp3) is 0.583. The highest BCUT2D eigenvalue weighted by Gasteiger charge is 2.22. The van der Waals surface area contributed by atoms with E-state index in [1.807, 2.05) is 13.8 Å². The summed E-state index contributed by atoms with van der Waals surface area (Å²) < 4.78 is 0. The van der Waals surface area contributed by atoms with Gasteiger partial charge >= 0.3 is 0 Å². The van der Waals surface area contributed by atoms with Crippen molar-refractivity contribution in [2.45, 2.75) is 32.8 Å². The first-order valence-electron chi connectivity index (χ1n) is 5.68. The fourth-order valence-electron chi connectivity index (χ4n) is 1.75. The highest BCUT2D eigenvalue weighted by molar-refractivity contribution is 5.93. The predicted molar refractivity (Wildman–Crippen MR) is 64.4 cm³/mol. The van der Waals surface area contributed by atoms with E-state index in [1.54, 1.807) is 13.0 Å². The molecule has 94 valence electrons. The number of nitrogens with zero attached hydrogens (tertiary/aromatic N) is 2. The molecule has 0 radical (unpaired) electrons. The second kappa shape index (κ2) is 5.72. The van der Waals surface area contributed by atoms with Crippen LogP contribution < -0.4 is 5.32 Å². The Balaban J connectivity index is 2.48. The molecular weight excluding hydrogens is 218 g/mol. The van der Waals surface area contributed by atoms with Gasteiger partial charge < -0.3 is 10.4 Å². The van der Waals surface area contributed by atoms with E-state index < -0.39 is 5.60 Å². The number of hydrogen-bond donors (Lipinski definition) is 2. The lowest BCUT2D eigenvalue weighted by Gasteiger charge is -2.25. The van der Waals surface area contributed by atoms with Crippen molar-refractivity contribution in [3.63, 3.8) is 0 Å². The topological polar surface area (TPSA) is 75.1 Å². The SMILES string of the molecule is CC(C)CC(C)(O)CNC(=O)c1ccnnc1. The summed E-state index contributed by atoms with van der Waals surface area (Å²) in [6.45, 7) is 6.01. The first-order chi connectivity index (χ1) is 7.91. The quantitative estimate of drug-likeness (QED) is 0.801. The Labute approximate surface area is 101 Å². The summed E-state index contributed by atoms with van der Waals surface area (Å²) in [6.07, 6.45) is 3.50. The number of aliphatic hydroxyl groups is 1. The molecule has 0 saturated heterocycles. The summed E-state index contributed by atoms with van der Waals surface area (Å²) in [5, 5.41) is 19.9. The number of hydrogen-bond acceptors (Lipinski definition) is 4. The Hall–Kier alpha value is -1.49. The molecule has 0 bridgehead atoms. The molecular formula is C12H19N3O2. The zero-order valence-corrected chi connectivity index (χ0v) is 10.5. The molecule has 1 heterocycles.